The minimum Gasteiger partial charge on any atom is -0.369 e. The highest BCUT2D eigenvalue weighted by Crippen LogP contribution is 2.58. The fourth-order valence-corrected chi connectivity index (χ4v) is 8.27. The molecule has 0 bridgehead atoms. The predicted octanol–water partition coefficient (Wildman–Crippen LogP) is 0.0121. The van der Waals surface area contributed by atoms with Gasteiger partial charge in [0.05, 0.1) is 25.9 Å². The van der Waals surface area contributed by atoms with Crippen LogP contribution < -0.4 is 22.6 Å². The lowest BCUT2D eigenvalue weighted by molar-refractivity contribution is -0.0560. The number of thiol groups is 1. The number of fused-ring (bicyclic) bond motifs is 4. The van der Waals surface area contributed by atoms with Crippen LogP contribution in [0.2, 0.25) is 0 Å². The number of aromatic amines is 2. The van der Waals surface area contributed by atoms with E-state index in [1.54, 1.807) is 0 Å². The van der Waals surface area contributed by atoms with Crippen molar-refractivity contribution in [3.8, 4) is 0 Å². The Kier molecular flexibility index (Phi) is 7.64. The molecule has 3 unspecified atom stereocenters. The van der Waals surface area contributed by atoms with E-state index in [-0.39, 0.29) is 40.6 Å². The summed E-state index contributed by atoms with van der Waals surface area (Å²) in [4.78, 5) is 56.2. The van der Waals surface area contributed by atoms with Gasteiger partial charge in [0.15, 0.2) is 34.7 Å². The third-order valence-electron chi connectivity index (χ3n) is 7.26. The molecule has 4 aromatic rings. The molecule has 25 heteroatoms. The Hall–Kier alpha value is -2.82. The topological polar surface area (TPSA) is 272 Å². The second kappa shape index (κ2) is 11.2. The molecule has 7 heterocycles. The first kappa shape index (κ1) is 30.8. The Labute approximate surface area is 259 Å². The van der Waals surface area contributed by atoms with Crippen molar-refractivity contribution in [3.05, 3.63) is 33.4 Å². The molecule has 7 rings (SSSR count). The number of aromatic nitrogens is 8. The average molecular weight is 709 g/mol. The van der Waals surface area contributed by atoms with Gasteiger partial charge in [-0.2, -0.15) is 9.97 Å². The van der Waals surface area contributed by atoms with Gasteiger partial charge < -0.3 is 30.4 Å². The van der Waals surface area contributed by atoms with E-state index in [1.807, 2.05) is 0 Å². The second-order valence-corrected chi connectivity index (χ2v) is 15.8. The van der Waals surface area contributed by atoms with Gasteiger partial charge in [-0.25, -0.2) is 18.9 Å². The van der Waals surface area contributed by atoms with Crippen LogP contribution >= 0.6 is 25.8 Å². The average Bonchev–Trinajstić information content (AvgIpc) is 3.71. The number of alkyl halides is 1. The normalized spacial score (nSPS) is 36.0. The van der Waals surface area contributed by atoms with Gasteiger partial charge in [-0.3, -0.25) is 42.3 Å². The van der Waals surface area contributed by atoms with Gasteiger partial charge >= 0.3 is 13.5 Å². The largest absolute Gasteiger partial charge is 0.386 e. The number of nitrogens with one attached hydrogen (secondary N) is 2. The number of H-pyrrole nitrogens is 2. The number of nitrogens with zero attached hydrogens (tertiary/aromatic N) is 6. The highest BCUT2D eigenvalue weighted by molar-refractivity contribution is 8.44. The predicted molar refractivity (Wildman–Crippen MR) is 157 cm³/mol. The zero-order valence-electron chi connectivity index (χ0n) is 22.4. The summed E-state index contributed by atoms with van der Waals surface area (Å²) in [7, 11) is 0. The molecule has 3 saturated heterocycles. The minimum atomic E-state index is -4.20. The van der Waals surface area contributed by atoms with E-state index >= 15 is 4.39 Å². The SMILES string of the molecule is Nc1nc2c(ncn2[C@@H]2OC3COP(=O)(S)O[C@H]4C[C@H](n5cnc6c(=O)[nH]c(N)nc65)O[C@@H]4COP(O)(=S)O[C@H]3[C@H]2F)c(=O)[nH]1. The molecule has 0 saturated carbocycles. The quantitative estimate of drug-likeness (QED) is 0.118. The van der Waals surface area contributed by atoms with Crippen LogP contribution in [-0.2, 0) is 43.9 Å². The molecule has 0 spiro atoms. The maximum absolute atomic E-state index is 16.0. The summed E-state index contributed by atoms with van der Waals surface area (Å²) < 4.78 is 66.1. The lowest BCUT2D eigenvalue weighted by Crippen LogP contribution is -2.35. The monoisotopic (exact) mass is 708 g/mol. The Bertz CT molecular complexity index is 2020. The van der Waals surface area contributed by atoms with Gasteiger partial charge in [-0.05, 0) is 11.8 Å². The summed E-state index contributed by atoms with van der Waals surface area (Å²) in [5, 5.41) is 0. The van der Waals surface area contributed by atoms with Crippen LogP contribution in [0.25, 0.3) is 22.3 Å². The van der Waals surface area contributed by atoms with E-state index in [1.165, 1.54) is 10.9 Å². The summed E-state index contributed by atoms with van der Waals surface area (Å²) in [6, 6.07) is 0. The fraction of sp³-hybridized carbons (Fsp3) is 0.500. The smallest absolute Gasteiger partial charge is 0.369 e. The van der Waals surface area contributed by atoms with Gasteiger partial charge in [0.1, 0.15) is 30.6 Å². The number of rotatable bonds is 2. The number of nitrogens with two attached hydrogens (primary N) is 2. The first-order valence-corrected chi connectivity index (χ1v) is 18.3. The first-order valence-electron chi connectivity index (χ1n) is 13.0. The van der Waals surface area contributed by atoms with E-state index in [0.29, 0.717) is 0 Å². The molecular weight excluding hydrogens is 685 g/mol. The van der Waals surface area contributed by atoms with Crippen LogP contribution in [0, 0.1) is 0 Å². The van der Waals surface area contributed by atoms with Crippen molar-refractivity contribution in [3.63, 3.8) is 0 Å². The van der Waals surface area contributed by atoms with Crippen LogP contribution in [0.5, 0.6) is 0 Å². The lowest BCUT2D eigenvalue weighted by atomic mass is 10.1. The number of ether oxygens (including phenoxy) is 2. The molecule has 7 N–H and O–H groups in total. The Balaban J connectivity index is 1.16. The van der Waals surface area contributed by atoms with Gasteiger partial charge in [0.25, 0.3) is 11.1 Å². The highest BCUT2D eigenvalue weighted by Gasteiger charge is 2.51. The molecule has 20 nitrogen and oxygen atoms in total. The number of hydrogen-bond donors (Lipinski definition) is 6. The van der Waals surface area contributed by atoms with Crippen LogP contribution in [0.4, 0.5) is 16.3 Å². The van der Waals surface area contributed by atoms with Crippen molar-refractivity contribution >= 4 is 71.8 Å². The van der Waals surface area contributed by atoms with E-state index in [4.69, 9.17) is 50.8 Å². The molecule has 0 radical (unpaired) electrons. The number of imidazole rings is 2. The summed E-state index contributed by atoms with van der Waals surface area (Å²) in [6.07, 6.45) is -7.01. The molecule has 4 aromatic heterocycles. The molecule has 9 atom stereocenters. The molecule has 0 aromatic carbocycles. The number of hydrogen-bond acceptors (Lipinski definition) is 16. The molecule has 3 fully saturated rings. The molecule has 45 heavy (non-hydrogen) atoms. The van der Waals surface area contributed by atoms with E-state index in [2.05, 4.69) is 42.2 Å². The minimum absolute atomic E-state index is 0.00122. The number of anilines is 2. The number of nitrogen functional groups attached to an aromatic ring is 2. The summed E-state index contributed by atoms with van der Waals surface area (Å²) in [6.45, 7) is -9.45. The zero-order chi connectivity index (χ0) is 31.8. The second-order valence-electron chi connectivity index (χ2n) is 10.2. The van der Waals surface area contributed by atoms with Crippen LogP contribution in [-0.4, -0.2) is 87.7 Å². The molecule has 0 aliphatic carbocycles. The fourth-order valence-electron chi connectivity index (χ4n) is 5.31. The first-order chi connectivity index (χ1) is 21.3. The summed E-state index contributed by atoms with van der Waals surface area (Å²) in [5.41, 5.74) is 10.0. The van der Waals surface area contributed by atoms with Gasteiger partial charge in [0, 0.05) is 6.42 Å². The van der Waals surface area contributed by atoms with Gasteiger partial charge in [0.2, 0.25) is 11.9 Å². The third kappa shape index (κ3) is 5.71. The highest BCUT2D eigenvalue weighted by atomic mass is 32.7. The third-order valence-corrected chi connectivity index (χ3v) is 10.5. The van der Waals surface area contributed by atoms with Crippen molar-refractivity contribution in [2.45, 2.75) is 49.5 Å². The maximum atomic E-state index is 16.0. The molecule has 3 aliphatic rings. The van der Waals surface area contributed by atoms with Crippen LogP contribution in [0.3, 0.4) is 0 Å². The maximum Gasteiger partial charge on any atom is 0.386 e. The van der Waals surface area contributed by atoms with E-state index in [0.717, 1.165) is 10.9 Å². The number of halogens is 1. The van der Waals surface area contributed by atoms with Crippen molar-refractivity contribution in [2.24, 2.45) is 0 Å². The lowest BCUT2D eigenvalue weighted by Gasteiger charge is -2.28. The van der Waals surface area contributed by atoms with Gasteiger partial charge in [-0.15, -0.1) is 0 Å². The van der Waals surface area contributed by atoms with Crippen LogP contribution in [0.1, 0.15) is 18.9 Å². The standard InChI is InChI=1S/C20H23FN10O10P2S2/c21-10-13-8(39-18(10)31-5-25-12-15(31)27-20(23)29-17(12)33)3-37-42(34,44)40-6-1-9(38-7(6)2-36-43(35,45)41-13)30-4-24-11-14(30)26-19(22)28-16(11)32/h4-10,13,18H,1-3H2,(H,34,44)(H,35,45)(H3,22,26,28,32)(H3,23,27,29,33)/t6-,7+,8?,9+,10+,13+,18+,42?,43?/m0/s1. The Morgan fingerprint density at radius 1 is 0.956 bits per heavy atom. The molecular formula is C20H23FN10O10P2S2. The molecule has 242 valence electrons. The molecule has 0 amide bonds. The molecule has 3 aliphatic heterocycles. The van der Waals surface area contributed by atoms with Crippen LogP contribution in [0.15, 0.2) is 22.2 Å². The Morgan fingerprint density at radius 3 is 2.22 bits per heavy atom. The van der Waals surface area contributed by atoms with Crippen molar-refractivity contribution in [1.29, 1.82) is 0 Å². The van der Waals surface area contributed by atoms with Crippen molar-refractivity contribution in [2.75, 3.05) is 24.7 Å². The van der Waals surface area contributed by atoms with E-state index in [9.17, 15) is 19.0 Å². The Morgan fingerprint density at radius 2 is 1.56 bits per heavy atom. The summed E-state index contributed by atoms with van der Waals surface area (Å²) >= 11 is 9.26. The summed E-state index contributed by atoms with van der Waals surface area (Å²) in [5.74, 6) is -0.396. The van der Waals surface area contributed by atoms with E-state index < -0.39 is 80.9 Å². The van der Waals surface area contributed by atoms with Crippen molar-refractivity contribution in [1.82, 2.24) is 39.0 Å². The van der Waals surface area contributed by atoms with Gasteiger partial charge in [-0.1, -0.05) is 12.2 Å². The zero-order valence-corrected chi connectivity index (χ0v) is 25.9. The van der Waals surface area contributed by atoms with Crippen molar-refractivity contribution < 1.29 is 41.4 Å².